The molecule has 4 heteroatoms. The van der Waals surface area contributed by atoms with Crippen LogP contribution in [0.1, 0.15) is 31.7 Å². The van der Waals surface area contributed by atoms with Gasteiger partial charge in [0.15, 0.2) is 11.5 Å². The molecule has 4 nitrogen and oxygen atoms in total. The van der Waals surface area contributed by atoms with Crippen LogP contribution in [0.5, 0.6) is 11.5 Å². The first kappa shape index (κ1) is 15.8. The SMILES string of the molecule is CCCCCOc1cc(CNCCO)ccc1OC. The van der Waals surface area contributed by atoms with Crippen LogP contribution in [-0.2, 0) is 6.54 Å². The fourth-order valence-electron chi connectivity index (χ4n) is 1.79. The van der Waals surface area contributed by atoms with Crippen molar-refractivity contribution in [1.29, 1.82) is 0 Å². The molecule has 0 aromatic heterocycles. The van der Waals surface area contributed by atoms with E-state index in [4.69, 9.17) is 14.6 Å². The average molecular weight is 267 g/mol. The Bertz CT molecular complexity index is 355. The van der Waals surface area contributed by atoms with Gasteiger partial charge in [0.1, 0.15) is 0 Å². The Kier molecular flexibility index (Phi) is 8.02. The molecule has 0 fully saturated rings. The third-order valence-electron chi connectivity index (χ3n) is 2.85. The van der Waals surface area contributed by atoms with Crippen molar-refractivity contribution in [1.82, 2.24) is 5.32 Å². The molecule has 0 saturated carbocycles. The maximum atomic E-state index is 8.74. The number of benzene rings is 1. The molecule has 2 N–H and O–H groups in total. The van der Waals surface area contributed by atoms with Crippen molar-refractivity contribution < 1.29 is 14.6 Å². The molecule has 1 rings (SSSR count). The average Bonchev–Trinajstić information content (AvgIpc) is 2.44. The van der Waals surface area contributed by atoms with Crippen molar-refractivity contribution in [2.45, 2.75) is 32.7 Å². The van der Waals surface area contributed by atoms with Gasteiger partial charge in [-0.2, -0.15) is 0 Å². The summed E-state index contributed by atoms with van der Waals surface area (Å²) in [7, 11) is 1.65. The molecule has 0 bridgehead atoms. The van der Waals surface area contributed by atoms with E-state index in [-0.39, 0.29) is 6.61 Å². The topological polar surface area (TPSA) is 50.7 Å². The van der Waals surface area contributed by atoms with Gasteiger partial charge in [0.05, 0.1) is 20.3 Å². The largest absolute Gasteiger partial charge is 0.493 e. The summed E-state index contributed by atoms with van der Waals surface area (Å²) in [4.78, 5) is 0. The molecule has 0 unspecified atom stereocenters. The molecule has 0 amide bonds. The quantitative estimate of drug-likeness (QED) is 0.639. The van der Waals surface area contributed by atoms with Gasteiger partial charge in [0.2, 0.25) is 0 Å². The van der Waals surface area contributed by atoms with Crippen LogP contribution >= 0.6 is 0 Å². The molecule has 0 aliphatic rings. The zero-order chi connectivity index (χ0) is 13.9. The Morgan fingerprint density at radius 1 is 1.21 bits per heavy atom. The van der Waals surface area contributed by atoms with E-state index in [0.29, 0.717) is 6.54 Å². The predicted molar refractivity (Wildman–Crippen MR) is 76.8 cm³/mol. The van der Waals surface area contributed by atoms with E-state index >= 15 is 0 Å². The number of unbranched alkanes of at least 4 members (excludes halogenated alkanes) is 2. The number of hydrogen-bond acceptors (Lipinski definition) is 4. The van der Waals surface area contributed by atoms with Crippen molar-refractivity contribution in [2.75, 3.05) is 26.9 Å². The monoisotopic (exact) mass is 267 g/mol. The highest BCUT2D eigenvalue weighted by molar-refractivity contribution is 5.42. The molecular weight excluding hydrogens is 242 g/mol. The van der Waals surface area contributed by atoms with E-state index in [2.05, 4.69) is 12.2 Å². The lowest BCUT2D eigenvalue weighted by atomic mass is 10.2. The van der Waals surface area contributed by atoms with Crippen molar-refractivity contribution in [3.8, 4) is 11.5 Å². The molecule has 1 aromatic rings. The number of aliphatic hydroxyl groups excluding tert-OH is 1. The van der Waals surface area contributed by atoms with Gasteiger partial charge in [0.25, 0.3) is 0 Å². The first-order chi connectivity index (χ1) is 9.31. The molecular formula is C15H25NO3. The Morgan fingerprint density at radius 2 is 2.05 bits per heavy atom. The van der Waals surface area contributed by atoms with Crippen molar-refractivity contribution in [3.05, 3.63) is 23.8 Å². The van der Waals surface area contributed by atoms with Gasteiger partial charge in [0, 0.05) is 13.1 Å². The minimum absolute atomic E-state index is 0.149. The lowest BCUT2D eigenvalue weighted by molar-refractivity contribution is 0.285. The first-order valence-corrected chi connectivity index (χ1v) is 6.93. The van der Waals surface area contributed by atoms with E-state index in [1.54, 1.807) is 7.11 Å². The lowest BCUT2D eigenvalue weighted by Crippen LogP contribution is -2.17. The molecule has 0 spiro atoms. The number of aliphatic hydroxyl groups is 1. The van der Waals surface area contributed by atoms with Crippen LogP contribution in [0.15, 0.2) is 18.2 Å². The molecule has 0 atom stereocenters. The first-order valence-electron chi connectivity index (χ1n) is 6.93. The number of nitrogens with one attached hydrogen (secondary N) is 1. The molecule has 1 aromatic carbocycles. The van der Waals surface area contributed by atoms with Crippen LogP contribution in [0.25, 0.3) is 0 Å². The molecule has 0 aliphatic heterocycles. The molecule has 0 aliphatic carbocycles. The predicted octanol–water partition coefficient (Wildman–Crippen LogP) is 2.35. The summed E-state index contributed by atoms with van der Waals surface area (Å²) in [5.41, 5.74) is 1.12. The summed E-state index contributed by atoms with van der Waals surface area (Å²) in [6.07, 6.45) is 3.43. The fourth-order valence-corrected chi connectivity index (χ4v) is 1.79. The summed E-state index contributed by atoms with van der Waals surface area (Å²) in [6.45, 7) is 4.36. The van der Waals surface area contributed by atoms with Crippen molar-refractivity contribution in [3.63, 3.8) is 0 Å². The summed E-state index contributed by atoms with van der Waals surface area (Å²) < 4.78 is 11.1. The van der Waals surface area contributed by atoms with E-state index in [0.717, 1.165) is 36.6 Å². The Hall–Kier alpha value is -1.26. The van der Waals surface area contributed by atoms with Crippen LogP contribution in [-0.4, -0.2) is 32.0 Å². The molecule has 0 radical (unpaired) electrons. The third kappa shape index (κ3) is 5.94. The highest BCUT2D eigenvalue weighted by atomic mass is 16.5. The number of rotatable bonds is 10. The van der Waals surface area contributed by atoms with Crippen LogP contribution < -0.4 is 14.8 Å². The van der Waals surface area contributed by atoms with Gasteiger partial charge < -0.3 is 19.9 Å². The second-order valence-corrected chi connectivity index (χ2v) is 4.44. The smallest absolute Gasteiger partial charge is 0.161 e. The standard InChI is InChI=1S/C15H25NO3/c1-3-4-5-10-19-15-11-13(12-16-8-9-17)6-7-14(15)18-2/h6-7,11,16-17H,3-5,8-10,12H2,1-2H3. The Morgan fingerprint density at radius 3 is 2.74 bits per heavy atom. The van der Waals surface area contributed by atoms with Crippen LogP contribution in [0.3, 0.4) is 0 Å². The Balaban J connectivity index is 2.56. The molecule has 19 heavy (non-hydrogen) atoms. The van der Waals surface area contributed by atoms with Crippen LogP contribution in [0.2, 0.25) is 0 Å². The van der Waals surface area contributed by atoms with Crippen LogP contribution in [0.4, 0.5) is 0 Å². The molecule has 108 valence electrons. The summed E-state index contributed by atoms with van der Waals surface area (Å²) >= 11 is 0. The van der Waals surface area contributed by atoms with Crippen molar-refractivity contribution >= 4 is 0 Å². The van der Waals surface area contributed by atoms with Gasteiger partial charge in [-0.05, 0) is 24.1 Å². The summed E-state index contributed by atoms with van der Waals surface area (Å²) in [6, 6.07) is 5.92. The third-order valence-corrected chi connectivity index (χ3v) is 2.85. The normalized spacial score (nSPS) is 10.5. The van der Waals surface area contributed by atoms with Crippen molar-refractivity contribution in [2.24, 2.45) is 0 Å². The minimum atomic E-state index is 0.149. The minimum Gasteiger partial charge on any atom is -0.493 e. The Labute approximate surface area is 115 Å². The maximum absolute atomic E-state index is 8.74. The highest BCUT2D eigenvalue weighted by Crippen LogP contribution is 2.28. The molecule has 0 heterocycles. The molecule has 0 saturated heterocycles. The fraction of sp³-hybridized carbons (Fsp3) is 0.600. The second kappa shape index (κ2) is 9.64. The second-order valence-electron chi connectivity index (χ2n) is 4.44. The van der Waals surface area contributed by atoms with Gasteiger partial charge in [-0.1, -0.05) is 25.8 Å². The number of methoxy groups -OCH3 is 1. The summed E-state index contributed by atoms with van der Waals surface area (Å²) in [5, 5.41) is 11.9. The maximum Gasteiger partial charge on any atom is 0.161 e. The van der Waals surface area contributed by atoms with Crippen LogP contribution in [0, 0.1) is 0 Å². The zero-order valence-corrected chi connectivity index (χ0v) is 11.9. The summed E-state index contributed by atoms with van der Waals surface area (Å²) in [5.74, 6) is 1.56. The van der Waals surface area contributed by atoms with Gasteiger partial charge in [-0.25, -0.2) is 0 Å². The zero-order valence-electron chi connectivity index (χ0n) is 11.9. The van der Waals surface area contributed by atoms with Gasteiger partial charge >= 0.3 is 0 Å². The van der Waals surface area contributed by atoms with E-state index in [1.165, 1.54) is 12.8 Å². The van der Waals surface area contributed by atoms with E-state index in [9.17, 15) is 0 Å². The lowest BCUT2D eigenvalue weighted by Gasteiger charge is -2.12. The van der Waals surface area contributed by atoms with Gasteiger partial charge in [-0.15, -0.1) is 0 Å². The number of hydrogen-bond donors (Lipinski definition) is 2. The van der Waals surface area contributed by atoms with E-state index in [1.807, 2.05) is 18.2 Å². The van der Waals surface area contributed by atoms with Gasteiger partial charge in [-0.3, -0.25) is 0 Å². The number of ether oxygens (including phenoxy) is 2. The highest BCUT2D eigenvalue weighted by Gasteiger charge is 2.05. The van der Waals surface area contributed by atoms with E-state index < -0.39 is 0 Å².